The lowest BCUT2D eigenvalue weighted by atomic mass is 10.2. The summed E-state index contributed by atoms with van der Waals surface area (Å²) < 4.78 is 18.3. The molecule has 1 aromatic heterocycles. The second kappa shape index (κ2) is 5.45. The predicted octanol–water partition coefficient (Wildman–Crippen LogP) is 3.16. The Balaban J connectivity index is 2.16. The first kappa shape index (κ1) is 13.6. The van der Waals surface area contributed by atoms with Crippen molar-refractivity contribution < 1.29 is 18.7 Å². The number of hydrogen-bond acceptors (Lipinski definition) is 4. The lowest BCUT2D eigenvalue weighted by Gasteiger charge is -2.13. The van der Waals surface area contributed by atoms with Gasteiger partial charge in [0.25, 0.3) is 0 Å². The molecule has 0 aliphatic rings. The standard InChI is InChI=1S/C14H11FN2O3/c1-8(12-4-5-13(20-12)14(18)19)17-10-2-3-11(15)9(6-10)7-16/h2-6,8,17H,1H3,(H,18,19). The van der Waals surface area contributed by atoms with Crippen molar-refractivity contribution in [3.8, 4) is 6.07 Å². The summed E-state index contributed by atoms with van der Waals surface area (Å²) in [7, 11) is 0. The predicted molar refractivity (Wildman–Crippen MR) is 68.8 cm³/mol. The SMILES string of the molecule is CC(Nc1ccc(F)c(C#N)c1)c1ccc(C(=O)O)o1. The van der Waals surface area contributed by atoms with Crippen LogP contribution in [-0.2, 0) is 0 Å². The molecule has 0 aliphatic carbocycles. The van der Waals surface area contributed by atoms with E-state index in [4.69, 9.17) is 14.8 Å². The zero-order chi connectivity index (χ0) is 14.7. The van der Waals surface area contributed by atoms with E-state index in [0.29, 0.717) is 11.4 Å². The number of aromatic carboxylic acids is 1. The third-order valence-corrected chi connectivity index (χ3v) is 2.73. The van der Waals surface area contributed by atoms with Gasteiger partial charge in [-0.25, -0.2) is 9.18 Å². The highest BCUT2D eigenvalue weighted by Gasteiger charge is 2.14. The first-order valence-corrected chi connectivity index (χ1v) is 5.80. The van der Waals surface area contributed by atoms with E-state index < -0.39 is 11.8 Å². The molecule has 0 saturated carbocycles. The molecule has 0 radical (unpaired) electrons. The lowest BCUT2D eigenvalue weighted by Crippen LogP contribution is -2.06. The minimum Gasteiger partial charge on any atom is -0.475 e. The van der Waals surface area contributed by atoms with Crippen molar-refractivity contribution in [1.82, 2.24) is 0 Å². The van der Waals surface area contributed by atoms with E-state index in [9.17, 15) is 9.18 Å². The fraction of sp³-hybridized carbons (Fsp3) is 0.143. The van der Waals surface area contributed by atoms with Crippen molar-refractivity contribution >= 4 is 11.7 Å². The van der Waals surface area contributed by atoms with E-state index in [1.165, 1.54) is 24.3 Å². The van der Waals surface area contributed by atoms with Crippen LogP contribution in [0.25, 0.3) is 0 Å². The maximum atomic E-state index is 13.2. The molecule has 1 aromatic carbocycles. The normalized spacial score (nSPS) is 11.7. The minimum atomic E-state index is -1.14. The molecule has 5 nitrogen and oxygen atoms in total. The molecule has 0 spiro atoms. The number of hydrogen-bond donors (Lipinski definition) is 2. The fourth-order valence-corrected chi connectivity index (χ4v) is 1.72. The number of nitriles is 1. The minimum absolute atomic E-state index is 0.0622. The zero-order valence-electron chi connectivity index (χ0n) is 10.6. The number of nitrogens with zero attached hydrogens (tertiary/aromatic N) is 1. The number of rotatable bonds is 4. The highest BCUT2D eigenvalue weighted by Crippen LogP contribution is 2.22. The monoisotopic (exact) mass is 274 g/mol. The van der Waals surface area contributed by atoms with E-state index in [1.807, 2.05) is 0 Å². The molecule has 1 unspecified atom stereocenters. The molecule has 1 heterocycles. The van der Waals surface area contributed by atoms with Crippen LogP contribution in [0.15, 0.2) is 34.7 Å². The van der Waals surface area contributed by atoms with Crippen molar-refractivity contribution in [3.05, 3.63) is 53.2 Å². The number of carboxylic acids is 1. The Morgan fingerprint density at radius 3 is 2.80 bits per heavy atom. The Labute approximate surface area is 114 Å². The van der Waals surface area contributed by atoms with Gasteiger partial charge >= 0.3 is 5.97 Å². The van der Waals surface area contributed by atoms with Gasteiger partial charge in [0, 0.05) is 5.69 Å². The molecule has 1 atom stereocenters. The van der Waals surface area contributed by atoms with Crippen molar-refractivity contribution in [3.63, 3.8) is 0 Å². The summed E-state index contributed by atoms with van der Waals surface area (Å²) in [5.74, 6) is -1.44. The fourth-order valence-electron chi connectivity index (χ4n) is 1.72. The number of benzene rings is 1. The van der Waals surface area contributed by atoms with Crippen LogP contribution in [0, 0.1) is 17.1 Å². The van der Waals surface area contributed by atoms with Gasteiger partial charge in [-0.3, -0.25) is 0 Å². The molecule has 20 heavy (non-hydrogen) atoms. The third kappa shape index (κ3) is 2.78. The van der Waals surface area contributed by atoms with Crippen molar-refractivity contribution in [2.24, 2.45) is 0 Å². The summed E-state index contributed by atoms with van der Waals surface area (Å²) in [6.07, 6.45) is 0. The molecule has 0 fully saturated rings. The summed E-state index contributed by atoms with van der Waals surface area (Å²) in [6.45, 7) is 1.76. The number of furan rings is 1. The molecule has 6 heteroatoms. The molecule has 0 bridgehead atoms. The maximum Gasteiger partial charge on any atom is 0.371 e. The number of carbonyl (C=O) groups is 1. The van der Waals surface area contributed by atoms with Gasteiger partial charge in [0.15, 0.2) is 0 Å². The Kier molecular flexibility index (Phi) is 3.71. The van der Waals surface area contributed by atoms with E-state index in [1.54, 1.807) is 19.1 Å². The zero-order valence-corrected chi connectivity index (χ0v) is 10.6. The van der Waals surface area contributed by atoms with Crippen LogP contribution in [0.2, 0.25) is 0 Å². The molecular weight excluding hydrogens is 263 g/mol. The molecule has 0 saturated heterocycles. The molecule has 2 aromatic rings. The van der Waals surface area contributed by atoms with Gasteiger partial charge in [-0.05, 0) is 37.3 Å². The molecule has 0 amide bonds. The van der Waals surface area contributed by atoms with Gasteiger partial charge in [0.2, 0.25) is 5.76 Å². The second-order valence-electron chi connectivity index (χ2n) is 4.18. The maximum absolute atomic E-state index is 13.2. The third-order valence-electron chi connectivity index (χ3n) is 2.73. The Bertz CT molecular complexity index is 688. The Morgan fingerprint density at radius 2 is 2.20 bits per heavy atom. The van der Waals surface area contributed by atoms with Gasteiger partial charge in [-0.1, -0.05) is 0 Å². The quantitative estimate of drug-likeness (QED) is 0.894. The summed E-state index contributed by atoms with van der Waals surface area (Å²) in [5.41, 5.74) is 0.483. The number of halogens is 1. The van der Waals surface area contributed by atoms with Crippen LogP contribution >= 0.6 is 0 Å². The van der Waals surface area contributed by atoms with E-state index in [-0.39, 0.29) is 17.4 Å². The molecule has 2 rings (SSSR count). The van der Waals surface area contributed by atoms with Gasteiger partial charge in [0.05, 0.1) is 11.6 Å². The van der Waals surface area contributed by atoms with Crippen LogP contribution in [0.4, 0.5) is 10.1 Å². The van der Waals surface area contributed by atoms with Crippen molar-refractivity contribution in [2.75, 3.05) is 5.32 Å². The van der Waals surface area contributed by atoms with Crippen LogP contribution in [0.1, 0.15) is 34.8 Å². The summed E-state index contributed by atoms with van der Waals surface area (Å²) >= 11 is 0. The average molecular weight is 274 g/mol. The number of nitrogens with one attached hydrogen (secondary N) is 1. The second-order valence-corrected chi connectivity index (χ2v) is 4.18. The smallest absolute Gasteiger partial charge is 0.371 e. The molecule has 102 valence electrons. The average Bonchev–Trinajstić information content (AvgIpc) is 2.91. The van der Waals surface area contributed by atoms with Crippen LogP contribution in [0.3, 0.4) is 0 Å². The Morgan fingerprint density at radius 1 is 1.45 bits per heavy atom. The van der Waals surface area contributed by atoms with Gasteiger partial charge < -0.3 is 14.8 Å². The van der Waals surface area contributed by atoms with Crippen molar-refractivity contribution in [1.29, 1.82) is 5.26 Å². The van der Waals surface area contributed by atoms with Crippen LogP contribution < -0.4 is 5.32 Å². The number of carboxylic acid groups (broad SMARTS) is 1. The summed E-state index contributed by atoms with van der Waals surface area (Å²) in [6, 6.07) is 8.41. The first-order valence-electron chi connectivity index (χ1n) is 5.80. The summed E-state index contributed by atoms with van der Waals surface area (Å²) in [4.78, 5) is 10.7. The van der Waals surface area contributed by atoms with Crippen LogP contribution in [0.5, 0.6) is 0 Å². The topological polar surface area (TPSA) is 86.3 Å². The van der Waals surface area contributed by atoms with Crippen molar-refractivity contribution in [2.45, 2.75) is 13.0 Å². The highest BCUT2D eigenvalue weighted by atomic mass is 19.1. The molecular formula is C14H11FN2O3. The summed E-state index contributed by atoms with van der Waals surface area (Å²) in [5, 5.41) is 20.5. The lowest BCUT2D eigenvalue weighted by molar-refractivity contribution is 0.0660. The van der Waals surface area contributed by atoms with E-state index >= 15 is 0 Å². The van der Waals surface area contributed by atoms with E-state index in [2.05, 4.69) is 5.32 Å². The largest absolute Gasteiger partial charge is 0.475 e. The molecule has 0 aliphatic heterocycles. The van der Waals surface area contributed by atoms with Gasteiger partial charge in [-0.15, -0.1) is 0 Å². The van der Waals surface area contributed by atoms with E-state index in [0.717, 1.165) is 0 Å². The molecule has 2 N–H and O–H groups in total. The Hall–Kier alpha value is -2.81. The number of anilines is 1. The van der Waals surface area contributed by atoms with Crippen LogP contribution in [-0.4, -0.2) is 11.1 Å². The highest BCUT2D eigenvalue weighted by molar-refractivity contribution is 5.84. The van der Waals surface area contributed by atoms with Gasteiger partial charge in [-0.2, -0.15) is 5.26 Å². The van der Waals surface area contributed by atoms with Gasteiger partial charge in [0.1, 0.15) is 17.6 Å². The first-order chi connectivity index (χ1) is 9.51.